The summed E-state index contributed by atoms with van der Waals surface area (Å²) in [5, 5.41) is 9.56. The summed E-state index contributed by atoms with van der Waals surface area (Å²) in [4.78, 5) is 21.6. The molecule has 6 nitrogen and oxygen atoms in total. The normalized spacial score (nSPS) is 12.7. The summed E-state index contributed by atoms with van der Waals surface area (Å²) in [6.45, 7) is 0. The fraction of sp³-hybridized carbons (Fsp3) is 0.0909. The van der Waals surface area contributed by atoms with Crippen molar-refractivity contribution in [2.75, 3.05) is 0 Å². The van der Waals surface area contributed by atoms with Gasteiger partial charge in [-0.05, 0) is 47.0 Å². The van der Waals surface area contributed by atoms with Crippen molar-refractivity contribution in [2.45, 2.75) is 11.8 Å². The number of pyridine rings is 1. The lowest BCUT2D eigenvalue weighted by Gasteiger charge is -2.27. The van der Waals surface area contributed by atoms with Crippen LogP contribution < -0.4 is 0 Å². The summed E-state index contributed by atoms with van der Waals surface area (Å²) in [5.41, 5.74) is 3.92. The molecule has 0 saturated heterocycles. The van der Waals surface area contributed by atoms with Crippen LogP contribution in [0, 0.1) is 11.3 Å². The number of benzene rings is 1. The van der Waals surface area contributed by atoms with Gasteiger partial charge in [0.1, 0.15) is 0 Å². The van der Waals surface area contributed by atoms with Crippen LogP contribution in [-0.4, -0.2) is 24.9 Å². The van der Waals surface area contributed by atoms with Gasteiger partial charge in [0.2, 0.25) is 5.28 Å². The summed E-state index contributed by atoms with van der Waals surface area (Å²) < 4.78 is 0. The van der Waals surface area contributed by atoms with Crippen LogP contribution >= 0.6 is 11.6 Å². The number of hydrogen-bond donors (Lipinski definition) is 0. The lowest BCUT2D eigenvalue weighted by Crippen LogP contribution is -2.18. The van der Waals surface area contributed by atoms with Gasteiger partial charge in [0, 0.05) is 49.0 Å². The molecule has 0 aliphatic heterocycles. The Labute approximate surface area is 172 Å². The molecule has 2 unspecified atom stereocenters. The topological polar surface area (TPSA) is 88.2 Å². The smallest absolute Gasteiger partial charge is 0.222 e. The van der Waals surface area contributed by atoms with Gasteiger partial charge in [0.15, 0.2) is 0 Å². The number of aromatic nitrogens is 5. The quantitative estimate of drug-likeness (QED) is 0.469. The molecule has 0 aliphatic carbocycles. The third-order valence-corrected chi connectivity index (χ3v) is 4.80. The van der Waals surface area contributed by atoms with Gasteiger partial charge in [-0.15, -0.1) is 0 Å². The molecule has 0 fully saturated rings. The molecule has 3 heterocycles. The molecule has 140 valence electrons. The van der Waals surface area contributed by atoms with E-state index in [2.05, 4.69) is 31.0 Å². The van der Waals surface area contributed by atoms with E-state index in [1.165, 1.54) is 0 Å². The van der Waals surface area contributed by atoms with E-state index in [-0.39, 0.29) is 17.1 Å². The van der Waals surface area contributed by atoms with Crippen molar-refractivity contribution in [1.29, 1.82) is 5.26 Å². The molecule has 0 spiro atoms. The summed E-state index contributed by atoms with van der Waals surface area (Å²) >= 11 is 6.12. The van der Waals surface area contributed by atoms with Crippen molar-refractivity contribution in [3.8, 4) is 6.07 Å². The standard InChI is InChI=1S/C22H15ClN6/c23-22-28-8-6-18(29-22)20(16-4-1-3-15(11-16)12-24)21(17-5-2-7-25-13-17)19-14-26-9-10-27-19/h1-11,13-14,20-21H. The Hall–Kier alpha value is -3.69. The molecule has 0 saturated carbocycles. The van der Waals surface area contributed by atoms with Crippen LogP contribution in [-0.2, 0) is 0 Å². The van der Waals surface area contributed by atoms with Crippen LogP contribution in [0.25, 0.3) is 0 Å². The first kappa shape index (κ1) is 18.7. The van der Waals surface area contributed by atoms with E-state index in [4.69, 9.17) is 11.6 Å². The Morgan fingerprint density at radius 1 is 0.793 bits per heavy atom. The maximum atomic E-state index is 9.40. The van der Waals surface area contributed by atoms with Gasteiger partial charge in [-0.3, -0.25) is 15.0 Å². The molecular formula is C22H15ClN6. The molecule has 0 bridgehead atoms. The van der Waals surface area contributed by atoms with Gasteiger partial charge in [-0.1, -0.05) is 18.2 Å². The maximum Gasteiger partial charge on any atom is 0.222 e. The van der Waals surface area contributed by atoms with Crippen LogP contribution in [0.5, 0.6) is 0 Å². The van der Waals surface area contributed by atoms with Gasteiger partial charge in [-0.25, -0.2) is 9.97 Å². The average molecular weight is 399 g/mol. The van der Waals surface area contributed by atoms with Crippen LogP contribution in [0.3, 0.4) is 0 Å². The lowest BCUT2D eigenvalue weighted by molar-refractivity contribution is 0.649. The summed E-state index contributed by atoms with van der Waals surface area (Å²) in [6, 6.07) is 15.4. The predicted octanol–water partition coefficient (Wildman–Crippen LogP) is 4.15. The zero-order valence-corrected chi connectivity index (χ0v) is 16.0. The predicted molar refractivity (Wildman–Crippen MR) is 108 cm³/mol. The summed E-state index contributed by atoms with van der Waals surface area (Å²) in [6.07, 6.45) is 10.2. The largest absolute Gasteiger partial charge is 0.264 e. The summed E-state index contributed by atoms with van der Waals surface area (Å²) in [5.74, 6) is -0.512. The highest BCUT2D eigenvalue weighted by atomic mass is 35.5. The molecule has 4 aromatic rings. The van der Waals surface area contributed by atoms with Crippen molar-refractivity contribution in [3.05, 3.63) is 113 Å². The van der Waals surface area contributed by atoms with E-state index in [0.717, 1.165) is 22.5 Å². The van der Waals surface area contributed by atoms with Crippen LogP contribution in [0.1, 0.15) is 39.9 Å². The Bertz CT molecular complexity index is 1110. The van der Waals surface area contributed by atoms with E-state index in [1.807, 2.05) is 42.6 Å². The molecule has 1 aromatic carbocycles. The second kappa shape index (κ2) is 8.55. The number of rotatable bonds is 5. The molecule has 3 aromatic heterocycles. The van der Waals surface area contributed by atoms with Gasteiger partial charge >= 0.3 is 0 Å². The minimum absolute atomic E-state index is 0.160. The second-order valence-electron chi connectivity index (χ2n) is 6.36. The fourth-order valence-electron chi connectivity index (χ4n) is 3.42. The van der Waals surface area contributed by atoms with E-state index < -0.39 is 0 Å². The van der Waals surface area contributed by atoms with E-state index in [1.54, 1.807) is 37.1 Å². The van der Waals surface area contributed by atoms with Gasteiger partial charge < -0.3 is 0 Å². The molecule has 0 N–H and O–H groups in total. The Balaban J connectivity index is 1.97. The number of nitrogens with zero attached hydrogens (tertiary/aromatic N) is 6. The third kappa shape index (κ3) is 4.10. The molecule has 4 rings (SSSR count). The van der Waals surface area contributed by atoms with E-state index in [0.29, 0.717) is 5.56 Å². The van der Waals surface area contributed by atoms with Crippen molar-refractivity contribution in [3.63, 3.8) is 0 Å². The first-order valence-electron chi connectivity index (χ1n) is 8.90. The molecule has 7 heteroatoms. The zero-order chi connectivity index (χ0) is 20.1. The number of nitriles is 1. The monoisotopic (exact) mass is 398 g/mol. The minimum atomic E-state index is -0.273. The molecule has 2 atom stereocenters. The van der Waals surface area contributed by atoms with Crippen LogP contribution in [0.15, 0.2) is 79.6 Å². The lowest BCUT2D eigenvalue weighted by atomic mass is 9.77. The van der Waals surface area contributed by atoms with Gasteiger partial charge in [0.25, 0.3) is 0 Å². The second-order valence-corrected chi connectivity index (χ2v) is 6.70. The maximum absolute atomic E-state index is 9.40. The first-order chi connectivity index (χ1) is 14.3. The zero-order valence-electron chi connectivity index (χ0n) is 15.2. The molecule has 29 heavy (non-hydrogen) atoms. The first-order valence-corrected chi connectivity index (χ1v) is 9.28. The fourth-order valence-corrected chi connectivity index (χ4v) is 3.58. The Morgan fingerprint density at radius 2 is 1.62 bits per heavy atom. The van der Waals surface area contributed by atoms with Crippen molar-refractivity contribution in [2.24, 2.45) is 0 Å². The van der Waals surface area contributed by atoms with Crippen LogP contribution in [0.4, 0.5) is 0 Å². The summed E-state index contributed by atoms with van der Waals surface area (Å²) in [7, 11) is 0. The molecule has 0 amide bonds. The van der Waals surface area contributed by atoms with Crippen molar-refractivity contribution in [1.82, 2.24) is 24.9 Å². The minimum Gasteiger partial charge on any atom is -0.264 e. The molecule has 0 aliphatic rings. The van der Waals surface area contributed by atoms with Crippen molar-refractivity contribution < 1.29 is 0 Å². The Kier molecular flexibility index (Phi) is 5.50. The average Bonchev–Trinajstić information content (AvgIpc) is 2.78. The molecular weight excluding hydrogens is 384 g/mol. The highest BCUT2D eigenvalue weighted by Gasteiger charge is 2.31. The van der Waals surface area contributed by atoms with Gasteiger partial charge in [-0.2, -0.15) is 5.26 Å². The highest BCUT2D eigenvalue weighted by molar-refractivity contribution is 6.28. The SMILES string of the molecule is N#Cc1cccc(C(c2ccnc(Cl)n2)C(c2cccnc2)c2cnccn2)c1. The van der Waals surface area contributed by atoms with E-state index >= 15 is 0 Å². The molecule has 0 radical (unpaired) electrons. The third-order valence-electron chi connectivity index (χ3n) is 4.62. The van der Waals surface area contributed by atoms with Gasteiger partial charge in [0.05, 0.1) is 23.0 Å². The van der Waals surface area contributed by atoms with Crippen molar-refractivity contribution >= 4 is 11.6 Å². The Morgan fingerprint density at radius 3 is 2.34 bits per heavy atom. The van der Waals surface area contributed by atoms with Crippen LogP contribution in [0.2, 0.25) is 5.28 Å². The highest BCUT2D eigenvalue weighted by Crippen LogP contribution is 2.41. The number of halogens is 1. The van der Waals surface area contributed by atoms with E-state index in [9.17, 15) is 5.26 Å². The number of hydrogen-bond acceptors (Lipinski definition) is 6.